The Labute approximate surface area is 123 Å². The van der Waals surface area contributed by atoms with Crippen LogP contribution in [0.15, 0.2) is 6.07 Å². The van der Waals surface area contributed by atoms with Gasteiger partial charge in [-0.25, -0.2) is 0 Å². The zero-order valence-electron chi connectivity index (χ0n) is 13.5. The molecule has 1 aliphatic rings. The summed E-state index contributed by atoms with van der Waals surface area (Å²) in [6, 6.07) is 2.20. The number of aryl methyl sites for hydroxylation is 2. The van der Waals surface area contributed by atoms with Gasteiger partial charge in [-0.05, 0) is 45.7 Å². The van der Waals surface area contributed by atoms with Crippen LogP contribution < -0.4 is 5.73 Å². The van der Waals surface area contributed by atoms with Gasteiger partial charge in [0.25, 0.3) is 0 Å². The van der Waals surface area contributed by atoms with E-state index in [1.54, 1.807) is 0 Å². The molecular weight excluding hydrogens is 248 g/mol. The van der Waals surface area contributed by atoms with Crippen LogP contribution >= 0.6 is 0 Å². The number of rotatable bonds is 5. The fraction of sp³-hybridized carbons (Fsp3) is 0.812. The van der Waals surface area contributed by atoms with E-state index in [9.17, 15) is 0 Å². The van der Waals surface area contributed by atoms with Crippen LogP contribution in [0.2, 0.25) is 0 Å². The molecule has 1 aromatic rings. The number of aromatic nitrogens is 2. The zero-order chi connectivity index (χ0) is 14.8. The van der Waals surface area contributed by atoms with Crippen LogP contribution in [0.25, 0.3) is 0 Å². The Bertz CT molecular complexity index is 440. The maximum absolute atomic E-state index is 6.17. The molecule has 4 nitrogen and oxygen atoms in total. The van der Waals surface area contributed by atoms with Crippen molar-refractivity contribution in [3.63, 3.8) is 0 Å². The van der Waals surface area contributed by atoms with E-state index < -0.39 is 0 Å². The average molecular weight is 278 g/mol. The summed E-state index contributed by atoms with van der Waals surface area (Å²) < 4.78 is 2.11. The molecular formula is C16H30N4. The first kappa shape index (κ1) is 15.5. The monoisotopic (exact) mass is 278 g/mol. The van der Waals surface area contributed by atoms with Gasteiger partial charge in [0.2, 0.25) is 0 Å². The molecule has 0 radical (unpaired) electrons. The second-order valence-corrected chi connectivity index (χ2v) is 6.58. The molecule has 0 amide bonds. The molecule has 114 valence electrons. The first-order chi connectivity index (χ1) is 9.50. The number of hydrogen-bond donors (Lipinski definition) is 1. The summed E-state index contributed by atoms with van der Waals surface area (Å²) in [5.41, 5.74) is 8.75. The van der Waals surface area contributed by atoms with Crippen LogP contribution in [-0.2, 0) is 13.1 Å². The molecule has 1 aromatic heterocycles. The SMILES string of the molecule is CCn1nc(C)cc1CN(C)C1(CN)CCCC(C)C1. The largest absolute Gasteiger partial charge is 0.329 e. The molecule has 1 heterocycles. The predicted octanol–water partition coefficient (Wildman–Crippen LogP) is 2.55. The van der Waals surface area contributed by atoms with E-state index in [0.717, 1.165) is 31.2 Å². The van der Waals surface area contributed by atoms with Gasteiger partial charge in [-0.3, -0.25) is 9.58 Å². The summed E-state index contributed by atoms with van der Waals surface area (Å²) in [6.45, 7) is 9.21. The Morgan fingerprint density at radius 2 is 2.30 bits per heavy atom. The summed E-state index contributed by atoms with van der Waals surface area (Å²) in [7, 11) is 2.23. The minimum atomic E-state index is 0.175. The highest BCUT2D eigenvalue weighted by atomic mass is 15.3. The first-order valence-electron chi connectivity index (χ1n) is 7.95. The fourth-order valence-electron chi connectivity index (χ4n) is 3.73. The number of likely N-dealkylation sites (N-methyl/N-ethyl adjacent to an activating group) is 1. The lowest BCUT2D eigenvalue weighted by Gasteiger charge is -2.46. The maximum atomic E-state index is 6.17. The van der Waals surface area contributed by atoms with E-state index in [-0.39, 0.29) is 5.54 Å². The minimum Gasteiger partial charge on any atom is -0.329 e. The Balaban J connectivity index is 2.14. The molecule has 0 saturated heterocycles. The Morgan fingerprint density at radius 3 is 2.90 bits per heavy atom. The number of hydrogen-bond acceptors (Lipinski definition) is 3. The van der Waals surface area contributed by atoms with Crippen molar-refractivity contribution >= 4 is 0 Å². The van der Waals surface area contributed by atoms with Crippen molar-refractivity contribution in [3.8, 4) is 0 Å². The predicted molar refractivity (Wildman–Crippen MR) is 83.5 cm³/mol. The molecule has 0 spiro atoms. The van der Waals surface area contributed by atoms with Gasteiger partial charge in [0, 0.05) is 25.2 Å². The Morgan fingerprint density at radius 1 is 1.55 bits per heavy atom. The van der Waals surface area contributed by atoms with Gasteiger partial charge in [0.1, 0.15) is 0 Å². The molecule has 20 heavy (non-hydrogen) atoms. The quantitative estimate of drug-likeness (QED) is 0.900. The molecule has 2 atom stereocenters. The third-order valence-corrected chi connectivity index (χ3v) is 4.94. The summed E-state index contributed by atoms with van der Waals surface area (Å²) in [5, 5.41) is 4.55. The van der Waals surface area contributed by atoms with Gasteiger partial charge in [-0.15, -0.1) is 0 Å². The highest BCUT2D eigenvalue weighted by Crippen LogP contribution is 2.36. The van der Waals surface area contributed by atoms with Crippen LogP contribution in [0.3, 0.4) is 0 Å². The van der Waals surface area contributed by atoms with Gasteiger partial charge >= 0.3 is 0 Å². The van der Waals surface area contributed by atoms with Crippen LogP contribution in [0.1, 0.15) is 50.9 Å². The summed E-state index contributed by atoms with van der Waals surface area (Å²) in [4.78, 5) is 2.48. The van der Waals surface area contributed by atoms with Crippen LogP contribution in [-0.4, -0.2) is 33.8 Å². The van der Waals surface area contributed by atoms with Crippen molar-refractivity contribution < 1.29 is 0 Å². The molecule has 4 heteroatoms. The molecule has 2 unspecified atom stereocenters. The Hall–Kier alpha value is -0.870. The molecule has 0 aromatic carbocycles. The first-order valence-corrected chi connectivity index (χ1v) is 7.95. The molecule has 1 fully saturated rings. The lowest BCUT2D eigenvalue weighted by molar-refractivity contribution is 0.0534. The third kappa shape index (κ3) is 3.07. The van der Waals surface area contributed by atoms with E-state index in [0.29, 0.717) is 0 Å². The average Bonchev–Trinajstić information content (AvgIpc) is 2.78. The van der Waals surface area contributed by atoms with Crippen LogP contribution in [0, 0.1) is 12.8 Å². The smallest absolute Gasteiger partial charge is 0.0597 e. The summed E-state index contributed by atoms with van der Waals surface area (Å²) >= 11 is 0. The van der Waals surface area contributed by atoms with Gasteiger partial charge in [-0.1, -0.05) is 19.8 Å². The van der Waals surface area contributed by atoms with E-state index in [1.165, 1.54) is 31.4 Å². The van der Waals surface area contributed by atoms with Crippen molar-refractivity contribution in [2.45, 2.75) is 65.1 Å². The topological polar surface area (TPSA) is 47.1 Å². The molecule has 0 bridgehead atoms. The van der Waals surface area contributed by atoms with Gasteiger partial charge < -0.3 is 5.73 Å². The zero-order valence-corrected chi connectivity index (χ0v) is 13.5. The molecule has 1 aliphatic carbocycles. The third-order valence-electron chi connectivity index (χ3n) is 4.94. The Kier molecular flexibility index (Phi) is 4.86. The molecule has 0 aliphatic heterocycles. The lowest BCUT2D eigenvalue weighted by atomic mass is 9.75. The highest BCUT2D eigenvalue weighted by molar-refractivity contribution is 5.10. The minimum absolute atomic E-state index is 0.175. The van der Waals surface area contributed by atoms with Gasteiger partial charge in [-0.2, -0.15) is 5.10 Å². The second-order valence-electron chi connectivity index (χ2n) is 6.58. The molecule has 2 N–H and O–H groups in total. The fourth-order valence-corrected chi connectivity index (χ4v) is 3.73. The normalized spacial score (nSPS) is 27.2. The standard InChI is InChI=1S/C16H30N4/c1-5-20-15(9-14(3)18-20)11-19(4)16(12-17)8-6-7-13(2)10-16/h9,13H,5-8,10-12,17H2,1-4H3. The van der Waals surface area contributed by atoms with E-state index in [2.05, 4.69) is 48.6 Å². The number of nitrogens with two attached hydrogens (primary N) is 1. The van der Waals surface area contributed by atoms with Crippen molar-refractivity contribution in [1.82, 2.24) is 14.7 Å². The summed E-state index contributed by atoms with van der Waals surface area (Å²) in [6.07, 6.45) is 5.10. The van der Waals surface area contributed by atoms with E-state index in [1.807, 2.05) is 0 Å². The van der Waals surface area contributed by atoms with E-state index in [4.69, 9.17) is 5.73 Å². The molecule has 2 rings (SSSR count). The van der Waals surface area contributed by atoms with Crippen molar-refractivity contribution in [1.29, 1.82) is 0 Å². The molecule has 1 saturated carbocycles. The second kappa shape index (κ2) is 6.27. The van der Waals surface area contributed by atoms with Crippen LogP contribution in [0.4, 0.5) is 0 Å². The van der Waals surface area contributed by atoms with Crippen molar-refractivity contribution in [2.75, 3.05) is 13.6 Å². The van der Waals surface area contributed by atoms with Gasteiger partial charge in [0.05, 0.1) is 11.4 Å². The van der Waals surface area contributed by atoms with Gasteiger partial charge in [0.15, 0.2) is 0 Å². The highest BCUT2D eigenvalue weighted by Gasteiger charge is 2.37. The van der Waals surface area contributed by atoms with E-state index >= 15 is 0 Å². The lowest BCUT2D eigenvalue weighted by Crippen LogP contribution is -2.54. The van der Waals surface area contributed by atoms with Crippen LogP contribution in [0.5, 0.6) is 0 Å². The summed E-state index contributed by atoms with van der Waals surface area (Å²) in [5.74, 6) is 0.785. The number of nitrogens with zero attached hydrogens (tertiary/aromatic N) is 3. The maximum Gasteiger partial charge on any atom is 0.0597 e. The van der Waals surface area contributed by atoms with Crippen molar-refractivity contribution in [3.05, 3.63) is 17.5 Å². The van der Waals surface area contributed by atoms with Crippen molar-refractivity contribution in [2.24, 2.45) is 11.7 Å².